The summed E-state index contributed by atoms with van der Waals surface area (Å²) in [4.78, 5) is 15.7. The molecule has 2 aromatic rings. The molecule has 0 aliphatic heterocycles. The third kappa shape index (κ3) is 9.34. The van der Waals surface area contributed by atoms with E-state index in [1.807, 2.05) is 30.1 Å². The van der Waals surface area contributed by atoms with Gasteiger partial charge in [-0.25, -0.2) is 0 Å². The zero-order valence-electron chi connectivity index (χ0n) is 18.1. The molecule has 0 saturated heterocycles. The summed E-state index contributed by atoms with van der Waals surface area (Å²) in [6.45, 7) is 6.98. The lowest BCUT2D eigenvalue weighted by Crippen LogP contribution is -2.22. The first-order valence-corrected chi connectivity index (χ1v) is 10.6. The van der Waals surface area contributed by atoms with E-state index in [9.17, 15) is 0 Å². The van der Waals surface area contributed by atoms with Gasteiger partial charge in [0, 0.05) is 33.2 Å². The highest BCUT2D eigenvalue weighted by molar-refractivity contribution is 5.43. The van der Waals surface area contributed by atoms with Crippen molar-refractivity contribution in [2.75, 3.05) is 68.6 Å². The maximum Gasteiger partial charge on any atom is 0.231 e. The molecule has 1 aromatic heterocycles. The molecule has 30 heavy (non-hydrogen) atoms. The number of nitrogens with zero attached hydrogens (tertiary/aromatic N) is 4. The number of nitrogens with two attached hydrogens (primary N) is 1. The van der Waals surface area contributed by atoms with Crippen molar-refractivity contribution in [1.82, 2.24) is 15.0 Å². The minimum atomic E-state index is 0.524. The van der Waals surface area contributed by atoms with Gasteiger partial charge in [-0.3, -0.25) is 0 Å². The molecule has 0 saturated carbocycles. The first kappa shape index (κ1) is 23.8. The summed E-state index contributed by atoms with van der Waals surface area (Å²) >= 11 is 0. The monoisotopic (exact) mass is 417 g/mol. The molecule has 9 nitrogen and oxygen atoms in total. The van der Waals surface area contributed by atoms with Crippen LogP contribution in [0.4, 0.5) is 17.8 Å². The first-order chi connectivity index (χ1) is 14.7. The van der Waals surface area contributed by atoms with E-state index in [4.69, 9.17) is 15.2 Å². The van der Waals surface area contributed by atoms with Crippen LogP contribution in [0, 0.1) is 0 Å². The zero-order chi connectivity index (χ0) is 21.4. The third-order valence-corrected chi connectivity index (χ3v) is 4.20. The van der Waals surface area contributed by atoms with Crippen LogP contribution in [0.3, 0.4) is 0 Å². The Bertz CT molecular complexity index is 703. The van der Waals surface area contributed by atoms with Crippen LogP contribution in [0.15, 0.2) is 30.3 Å². The summed E-state index contributed by atoms with van der Waals surface area (Å²) in [5, 5.41) is 6.51. The fourth-order valence-electron chi connectivity index (χ4n) is 2.64. The smallest absolute Gasteiger partial charge is 0.231 e. The molecule has 0 fully saturated rings. The van der Waals surface area contributed by atoms with Crippen molar-refractivity contribution in [2.45, 2.75) is 26.3 Å². The number of aromatic nitrogens is 3. The van der Waals surface area contributed by atoms with Gasteiger partial charge in [-0.1, -0.05) is 43.7 Å². The van der Waals surface area contributed by atoms with E-state index >= 15 is 0 Å². The van der Waals surface area contributed by atoms with Gasteiger partial charge in [0.2, 0.25) is 17.8 Å². The van der Waals surface area contributed by atoms with Crippen LogP contribution in [-0.2, 0) is 16.0 Å². The summed E-state index contributed by atoms with van der Waals surface area (Å²) in [7, 11) is 1.98. The van der Waals surface area contributed by atoms with Crippen molar-refractivity contribution in [2.24, 2.45) is 5.73 Å². The second-order valence-electron chi connectivity index (χ2n) is 6.84. The fourth-order valence-corrected chi connectivity index (χ4v) is 2.64. The molecule has 0 radical (unpaired) electrons. The van der Waals surface area contributed by atoms with E-state index in [0.29, 0.717) is 63.9 Å². The maximum atomic E-state index is 5.54. The quantitative estimate of drug-likeness (QED) is 0.354. The molecule has 0 bridgehead atoms. The van der Waals surface area contributed by atoms with Crippen LogP contribution >= 0.6 is 0 Å². The summed E-state index contributed by atoms with van der Waals surface area (Å²) in [5.74, 6) is 1.72. The van der Waals surface area contributed by atoms with Gasteiger partial charge in [-0.2, -0.15) is 15.0 Å². The molecule has 2 rings (SSSR count). The van der Waals surface area contributed by atoms with E-state index < -0.39 is 0 Å². The van der Waals surface area contributed by atoms with Gasteiger partial charge in [-0.05, 0) is 12.0 Å². The van der Waals surface area contributed by atoms with Gasteiger partial charge in [0.15, 0.2) is 0 Å². The van der Waals surface area contributed by atoms with Crippen LogP contribution in [-0.4, -0.2) is 68.1 Å². The van der Waals surface area contributed by atoms with Crippen molar-refractivity contribution in [3.63, 3.8) is 0 Å². The Hall–Kier alpha value is -2.49. The summed E-state index contributed by atoms with van der Waals surface area (Å²) in [5.41, 5.74) is 6.57. The minimum absolute atomic E-state index is 0.524. The molecule has 166 valence electrons. The van der Waals surface area contributed by atoms with Crippen LogP contribution in [0.1, 0.15) is 25.3 Å². The first-order valence-electron chi connectivity index (χ1n) is 10.6. The Morgan fingerprint density at radius 3 is 2.23 bits per heavy atom. The molecule has 4 N–H and O–H groups in total. The molecule has 9 heteroatoms. The van der Waals surface area contributed by atoms with Crippen LogP contribution in [0.5, 0.6) is 0 Å². The van der Waals surface area contributed by atoms with Crippen molar-refractivity contribution >= 4 is 17.8 Å². The van der Waals surface area contributed by atoms with Crippen molar-refractivity contribution in [3.05, 3.63) is 35.9 Å². The van der Waals surface area contributed by atoms with Crippen LogP contribution in [0.2, 0.25) is 0 Å². The number of rotatable bonds is 16. The van der Waals surface area contributed by atoms with Gasteiger partial charge >= 0.3 is 0 Å². The Kier molecular flexibility index (Phi) is 11.5. The highest BCUT2D eigenvalue weighted by Gasteiger charge is 2.11. The minimum Gasteiger partial charge on any atom is -0.378 e. The Morgan fingerprint density at radius 2 is 1.57 bits per heavy atom. The number of unbranched alkanes of at least 4 members (excludes halogenated alkanes) is 1. The lowest BCUT2D eigenvalue weighted by molar-refractivity contribution is 0.0547. The van der Waals surface area contributed by atoms with E-state index in [0.717, 1.165) is 19.4 Å². The van der Waals surface area contributed by atoms with Gasteiger partial charge < -0.3 is 30.7 Å². The van der Waals surface area contributed by atoms with E-state index in [1.54, 1.807) is 0 Å². The molecule has 0 aliphatic carbocycles. The number of anilines is 3. The number of hydrogen-bond acceptors (Lipinski definition) is 9. The van der Waals surface area contributed by atoms with Gasteiger partial charge in [-0.15, -0.1) is 0 Å². The second-order valence-corrected chi connectivity index (χ2v) is 6.84. The van der Waals surface area contributed by atoms with Gasteiger partial charge in [0.05, 0.1) is 26.4 Å². The summed E-state index contributed by atoms with van der Waals surface area (Å²) in [6, 6.07) is 10.2. The highest BCUT2D eigenvalue weighted by Crippen LogP contribution is 2.15. The van der Waals surface area contributed by atoms with Gasteiger partial charge in [0.1, 0.15) is 0 Å². The number of benzene rings is 1. The standard InChI is InChI=1S/C21H35N7O2/c1-3-4-11-23-19-25-20(24-12-14-30-16-15-29-13-10-22)27-21(26-19)28(2)17-18-8-6-5-7-9-18/h5-9H,3-4,10-17,22H2,1-2H3,(H2,23,24,25,26,27). The predicted molar refractivity (Wildman–Crippen MR) is 121 cm³/mol. The average molecular weight is 418 g/mol. The zero-order valence-corrected chi connectivity index (χ0v) is 18.1. The van der Waals surface area contributed by atoms with Gasteiger partial charge in [0.25, 0.3) is 0 Å². The Balaban J connectivity index is 1.92. The molecule has 0 aliphatic rings. The van der Waals surface area contributed by atoms with Crippen molar-refractivity contribution in [3.8, 4) is 0 Å². The number of hydrogen-bond donors (Lipinski definition) is 3. The van der Waals surface area contributed by atoms with E-state index in [-0.39, 0.29) is 0 Å². The highest BCUT2D eigenvalue weighted by atomic mass is 16.5. The largest absolute Gasteiger partial charge is 0.378 e. The second kappa shape index (κ2) is 14.5. The molecule has 0 unspecified atom stereocenters. The molecule has 1 heterocycles. The topological polar surface area (TPSA) is 110 Å². The SMILES string of the molecule is CCCCNc1nc(NCCOCCOCCN)nc(N(C)Cc2ccccc2)n1. The normalized spacial score (nSPS) is 10.8. The predicted octanol–water partition coefficient (Wildman–Crippen LogP) is 2.12. The lowest BCUT2D eigenvalue weighted by atomic mass is 10.2. The lowest BCUT2D eigenvalue weighted by Gasteiger charge is -2.19. The summed E-state index contributed by atoms with van der Waals surface area (Å²) < 4.78 is 10.8. The van der Waals surface area contributed by atoms with E-state index in [1.165, 1.54) is 5.56 Å². The van der Waals surface area contributed by atoms with Crippen LogP contribution < -0.4 is 21.3 Å². The third-order valence-electron chi connectivity index (χ3n) is 4.20. The Labute approximate surface area is 179 Å². The molecular weight excluding hydrogens is 382 g/mol. The van der Waals surface area contributed by atoms with Crippen LogP contribution in [0.25, 0.3) is 0 Å². The van der Waals surface area contributed by atoms with E-state index in [2.05, 4.69) is 44.6 Å². The fraction of sp³-hybridized carbons (Fsp3) is 0.571. The molecule has 0 spiro atoms. The maximum absolute atomic E-state index is 5.54. The summed E-state index contributed by atoms with van der Waals surface area (Å²) in [6.07, 6.45) is 2.17. The average Bonchev–Trinajstić information content (AvgIpc) is 2.76. The number of ether oxygens (including phenoxy) is 2. The van der Waals surface area contributed by atoms with Crippen molar-refractivity contribution in [1.29, 1.82) is 0 Å². The molecule has 0 atom stereocenters. The molecular formula is C21H35N7O2. The molecule has 1 aromatic carbocycles. The number of nitrogens with one attached hydrogen (secondary N) is 2. The van der Waals surface area contributed by atoms with Crippen molar-refractivity contribution < 1.29 is 9.47 Å². The molecule has 0 amide bonds. The Morgan fingerprint density at radius 1 is 0.900 bits per heavy atom.